The van der Waals surface area contributed by atoms with Gasteiger partial charge < -0.3 is 26.6 Å². The second-order valence-corrected chi connectivity index (χ2v) is 14.7. The molecule has 11 nitrogen and oxygen atoms in total. The number of fused-ring (bicyclic) bond motifs is 1. The van der Waals surface area contributed by atoms with Crippen molar-refractivity contribution in [3.8, 4) is 11.1 Å². The molecule has 3 aromatic carbocycles. The van der Waals surface area contributed by atoms with Crippen LogP contribution in [-0.2, 0) is 16.0 Å². The number of anilines is 1. The number of carbonyl (C=O) groups excluding carboxylic acids is 3. The Morgan fingerprint density at radius 1 is 0.882 bits per heavy atom. The first-order valence-electron chi connectivity index (χ1n) is 18.3. The van der Waals surface area contributed by atoms with E-state index in [1.807, 2.05) is 49.4 Å². The van der Waals surface area contributed by atoms with E-state index in [9.17, 15) is 19.2 Å². The highest BCUT2D eigenvalue weighted by Gasteiger charge is 2.30. The minimum Gasteiger partial charge on any atom is -0.349 e. The molecule has 1 heterocycles. The van der Waals surface area contributed by atoms with Crippen LogP contribution in [0.5, 0.6) is 0 Å². The zero-order valence-corrected chi connectivity index (χ0v) is 29.9. The number of aromatic amines is 2. The van der Waals surface area contributed by atoms with Gasteiger partial charge in [-0.15, -0.1) is 0 Å². The van der Waals surface area contributed by atoms with E-state index in [1.165, 1.54) is 0 Å². The number of hydrogen-bond acceptors (Lipinski definition) is 6. The molecular formula is C40H51N7O4. The number of amides is 3. The summed E-state index contributed by atoms with van der Waals surface area (Å²) < 4.78 is 0. The van der Waals surface area contributed by atoms with Crippen molar-refractivity contribution < 1.29 is 14.4 Å². The molecule has 4 aromatic rings. The summed E-state index contributed by atoms with van der Waals surface area (Å²) in [4.78, 5) is 54.5. The van der Waals surface area contributed by atoms with E-state index in [0.29, 0.717) is 47.1 Å². The van der Waals surface area contributed by atoms with Crippen LogP contribution in [0.3, 0.4) is 0 Å². The van der Waals surface area contributed by atoms with Gasteiger partial charge in [-0.2, -0.15) is 0 Å². The van der Waals surface area contributed by atoms with E-state index < -0.39 is 6.04 Å². The first-order valence-corrected chi connectivity index (χ1v) is 18.3. The van der Waals surface area contributed by atoms with Crippen LogP contribution in [0.15, 0.2) is 65.5 Å². The number of carbonyl (C=O) groups is 3. The molecule has 2 aliphatic rings. The molecule has 11 heteroatoms. The minimum absolute atomic E-state index is 0.0339. The Bertz CT molecular complexity index is 1900. The molecule has 2 fully saturated rings. The highest BCUT2D eigenvalue weighted by atomic mass is 16.2. The van der Waals surface area contributed by atoms with Gasteiger partial charge in [0, 0.05) is 35.7 Å². The third kappa shape index (κ3) is 8.77. The molecule has 3 amide bonds. The van der Waals surface area contributed by atoms with Crippen molar-refractivity contribution in [2.45, 2.75) is 82.8 Å². The first kappa shape index (κ1) is 36.1. The second-order valence-electron chi connectivity index (χ2n) is 14.7. The fourth-order valence-corrected chi connectivity index (χ4v) is 7.69. The first-order chi connectivity index (χ1) is 24.6. The van der Waals surface area contributed by atoms with E-state index in [0.717, 1.165) is 73.6 Å². The molecule has 1 atom stereocenters. The predicted molar refractivity (Wildman–Crippen MR) is 201 cm³/mol. The van der Waals surface area contributed by atoms with Crippen LogP contribution < -0.4 is 27.2 Å². The molecule has 0 saturated heterocycles. The summed E-state index contributed by atoms with van der Waals surface area (Å²) >= 11 is 0. The Labute approximate surface area is 299 Å². The van der Waals surface area contributed by atoms with E-state index in [1.54, 1.807) is 18.2 Å². The number of aryl methyl sites for hydroxylation is 1. The maximum Gasteiger partial charge on any atom is 0.271 e. The van der Waals surface area contributed by atoms with E-state index >= 15 is 0 Å². The molecule has 6 rings (SSSR count). The average Bonchev–Trinajstić information content (AvgIpc) is 3.51. The average molecular weight is 694 g/mol. The molecule has 0 bridgehead atoms. The number of nitrogens with one attached hydrogen (secondary N) is 5. The van der Waals surface area contributed by atoms with Crippen molar-refractivity contribution in [1.82, 2.24) is 25.7 Å². The highest BCUT2D eigenvalue weighted by molar-refractivity contribution is 5.99. The summed E-state index contributed by atoms with van der Waals surface area (Å²) in [7, 11) is 4.24. The van der Waals surface area contributed by atoms with E-state index in [4.69, 9.17) is 5.73 Å². The summed E-state index contributed by atoms with van der Waals surface area (Å²) in [5, 5.41) is 15.1. The maximum absolute atomic E-state index is 13.7. The lowest BCUT2D eigenvalue weighted by Crippen LogP contribution is -2.48. The smallest absolute Gasteiger partial charge is 0.271 e. The molecule has 51 heavy (non-hydrogen) atoms. The number of aromatic nitrogens is 2. The molecule has 1 aromatic heterocycles. The third-order valence-corrected chi connectivity index (χ3v) is 11.0. The van der Waals surface area contributed by atoms with Crippen molar-refractivity contribution in [3.05, 3.63) is 87.7 Å². The quantitative estimate of drug-likeness (QED) is 0.131. The van der Waals surface area contributed by atoms with Gasteiger partial charge in [-0.25, -0.2) is 0 Å². The van der Waals surface area contributed by atoms with E-state index in [2.05, 4.69) is 45.1 Å². The van der Waals surface area contributed by atoms with Gasteiger partial charge in [-0.1, -0.05) is 30.3 Å². The third-order valence-electron chi connectivity index (χ3n) is 11.0. The maximum atomic E-state index is 13.7. The van der Waals surface area contributed by atoms with Crippen LogP contribution in [-0.4, -0.2) is 71.6 Å². The summed E-state index contributed by atoms with van der Waals surface area (Å²) in [5.74, 6) is -0.202. The lowest BCUT2D eigenvalue weighted by molar-refractivity contribution is -0.130. The predicted octanol–water partition coefficient (Wildman–Crippen LogP) is 4.87. The molecule has 0 unspecified atom stereocenters. The highest BCUT2D eigenvalue weighted by Crippen LogP contribution is 2.29. The number of H-pyrrole nitrogens is 2. The van der Waals surface area contributed by atoms with E-state index in [-0.39, 0.29) is 35.2 Å². The zero-order chi connectivity index (χ0) is 36.1. The normalized spacial score (nSPS) is 21.3. The van der Waals surface area contributed by atoms with Gasteiger partial charge in [0.15, 0.2) is 0 Å². The fourth-order valence-electron chi connectivity index (χ4n) is 7.69. The van der Waals surface area contributed by atoms with Crippen LogP contribution in [0.2, 0.25) is 0 Å². The molecule has 7 N–H and O–H groups in total. The van der Waals surface area contributed by atoms with Crippen LogP contribution in [0.25, 0.3) is 22.0 Å². The van der Waals surface area contributed by atoms with Crippen molar-refractivity contribution in [2.75, 3.05) is 26.0 Å². The van der Waals surface area contributed by atoms with Gasteiger partial charge in [0.2, 0.25) is 11.8 Å². The minimum atomic E-state index is -0.811. The lowest BCUT2D eigenvalue weighted by atomic mass is 9.81. The monoisotopic (exact) mass is 693 g/mol. The molecule has 0 aliphatic heterocycles. The molecule has 0 radical (unpaired) electrons. The second kappa shape index (κ2) is 16.1. The summed E-state index contributed by atoms with van der Waals surface area (Å²) in [6.07, 6.45) is 7.79. The Hall–Kier alpha value is -4.74. The summed E-state index contributed by atoms with van der Waals surface area (Å²) in [5.41, 5.74) is 11.3. The van der Waals surface area contributed by atoms with Crippen LogP contribution >= 0.6 is 0 Å². The van der Waals surface area contributed by atoms with Gasteiger partial charge in [0.05, 0.1) is 10.9 Å². The van der Waals surface area contributed by atoms with Gasteiger partial charge in [-0.3, -0.25) is 29.4 Å². The van der Waals surface area contributed by atoms with Gasteiger partial charge in [-0.05, 0) is 137 Å². The van der Waals surface area contributed by atoms with Crippen molar-refractivity contribution >= 4 is 34.3 Å². The largest absolute Gasteiger partial charge is 0.349 e. The van der Waals surface area contributed by atoms with Gasteiger partial charge in [0.25, 0.3) is 11.5 Å². The Balaban J connectivity index is 1.13. The van der Waals surface area contributed by atoms with Crippen LogP contribution in [0, 0.1) is 18.8 Å². The lowest BCUT2D eigenvalue weighted by Gasteiger charge is -2.33. The summed E-state index contributed by atoms with van der Waals surface area (Å²) in [6, 6.07) is 18.8. The number of nitrogens with two attached hydrogens (primary N) is 1. The molecule has 0 spiro atoms. The van der Waals surface area contributed by atoms with Crippen LogP contribution in [0.1, 0.15) is 72.9 Å². The molecular weight excluding hydrogens is 642 g/mol. The Morgan fingerprint density at radius 3 is 2.27 bits per heavy atom. The molecule has 2 aliphatic carbocycles. The number of hydrogen-bond donors (Lipinski definition) is 6. The van der Waals surface area contributed by atoms with Crippen molar-refractivity contribution in [3.63, 3.8) is 0 Å². The Kier molecular flexibility index (Phi) is 11.4. The fraction of sp³-hybridized carbons (Fsp3) is 0.450. The van der Waals surface area contributed by atoms with Crippen molar-refractivity contribution in [1.29, 1.82) is 0 Å². The topological polar surface area (TPSA) is 165 Å². The molecule has 270 valence electrons. The molecule has 2 saturated carbocycles. The van der Waals surface area contributed by atoms with Gasteiger partial charge >= 0.3 is 0 Å². The van der Waals surface area contributed by atoms with Gasteiger partial charge in [0.1, 0.15) is 6.04 Å². The summed E-state index contributed by atoms with van der Waals surface area (Å²) in [6.45, 7) is 2.64. The number of nitrogens with zero attached hydrogens (tertiary/aromatic N) is 1. The van der Waals surface area contributed by atoms with Crippen molar-refractivity contribution in [2.24, 2.45) is 17.6 Å². The van der Waals surface area contributed by atoms with Crippen LogP contribution in [0.4, 0.5) is 5.69 Å². The number of benzene rings is 3. The zero-order valence-electron chi connectivity index (χ0n) is 29.9. The Morgan fingerprint density at radius 2 is 1.61 bits per heavy atom. The number of rotatable bonds is 11. The SMILES string of the molecule is Cc1cc(C(=O)NC2CCC(N(C)C)CC2)ccc1-c1ccc(C[C@H](NC(=O)C2CCC(CN)CC2)C(=O)Nc2ccc3c(=O)[nH][nH]c3c2)cc1. The standard InChI is InChI=1S/C40H51N7O4/c1-24-20-29(38(49)42-30-13-16-32(17-14-30)47(2)3)12-18-33(24)27-8-4-25(5-9-27)21-36(44-37(48)28-10-6-26(23-41)7-11-28)40(51)43-31-15-19-34-35(22-31)45-46-39(34)50/h4-5,8-9,12,15,18-20,22,26,28,30,32,36H,6-7,10-11,13-14,16-17,21,23,41H2,1-3H3,(H,42,49)(H,43,51)(H,44,48)(H2,45,46,50)/t26?,28?,30?,32?,36-/m0/s1.